The molecule has 0 aromatic carbocycles. The number of nitrogens with one attached hydrogen (secondary N) is 2. The SMILES string of the molecule is CN1C(=O)NC2CCNCC21.Cl. The van der Waals surface area contributed by atoms with E-state index in [1.54, 1.807) is 4.90 Å². The van der Waals surface area contributed by atoms with Gasteiger partial charge in [0.1, 0.15) is 0 Å². The first kappa shape index (κ1) is 9.61. The van der Waals surface area contributed by atoms with Crippen molar-refractivity contribution in [1.29, 1.82) is 0 Å². The Labute approximate surface area is 78.1 Å². The summed E-state index contributed by atoms with van der Waals surface area (Å²) in [6.07, 6.45) is 1.06. The van der Waals surface area contributed by atoms with Gasteiger partial charge in [-0.25, -0.2) is 4.79 Å². The average Bonchev–Trinajstić information content (AvgIpc) is 2.30. The predicted molar refractivity (Wildman–Crippen MR) is 48.6 cm³/mol. The first-order valence-electron chi connectivity index (χ1n) is 4.03. The molecule has 70 valence electrons. The van der Waals surface area contributed by atoms with E-state index in [1.807, 2.05) is 7.05 Å². The highest BCUT2D eigenvalue weighted by atomic mass is 35.5. The minimum absolute atomic E-state index is 0. The summed E-state index contributed by atoms with van der Waals surface area (Å²) in [5, 5.41) is 6.23. The van der Waals surface area contributed by atoms with E-state index in [2.05, 4.69) is 10.6 Å². The molecule has 0 aromatic rings. The van der Waals surface area contributed by atoms with E-state index in [-0.39, 0.29) is 18.4 Å². The third-order valence-corrected chi connectivity index (χ3v) is 2.58. The Morgan fingerprint density at radius 3 is 3.00 bits per heavy atom. The Balaban J connectivity index is 0.000000720. The fraction of sp³-hybridized carbons (Fsp3) is 0.857. The average molecular weight is 192 g/mol. The van der Waals surface area contributed by atoms with Gasteiger partial charge >= 0.3 is 6.03 Å². The molecule has 0 aliphatic carbocycles. The summed E-state index contributed by atoms with van der Waals surface area (Å²) in [4.78, 5) is 12.9. The van der Waals surface area contributed by atoms with E-state index in [0.29, 0.717) is 12.1 Å². The summed E-state index contributed by atoms with van der Waals surface area (Å²) in [6, 6.07) is 0.827. The van der Waals surface area contributed by atoms with Gasteiger partial charge in [-0.05, 0) is 13.0 Å². The Hall–Kier alpha value is -0.480. The number of nitrogens with zero attached hydrogens (tertiary/aromatic N) is 1. The lowest BCUT2D eigenvalue weighted by molar-refractivity contribution is 0.211. The summed E-state index contributed by atoms with van der Waals surface area (Å²) >= 11 is 0. The third-order valence-electron chi connectivity index (χ3n) is 2.58. The zero-order valence-electron chi connectivity index (χ0n) is 7.04. The monoisotopic (exact) mass is 191 g/mol. The lowest BCUT2D eigenvalue weighted by Gasteiger charge is -2.28. The summed E-state index contributed by atoms with van der Waals surface area (Å²) in [7, 11) is 1.85. The van der Waals surface area contributed by atoms with Crippen LogP contribution in [0.2, 0.25) is 0 Å². The summed E-state index contributed by atoms with van der Waals surface area (Å²) in [5.74, 6) is 0. The molecule has 0 spiro atoms. The number of hydrogen-bond donors (Lipinski definition) is 2. The van der Waals surface area contributed by atoms with Gasteiger partial charge in [0.05, 0.1) is 12.1 Å². The molecule has 2 N–H and O–H groups in total. The van der Waals surface area contributed by atoms with E-state index >= 15 is 0 Å². The van der Waals surface area contributed by atoms with Gasteiger partial charge in [0, 0.05) is 13.6 Å². The first-order chi connectivity index (χ1) is 5.29. The van der Waals surface area contributed by atoms with Crippen molar-refractivity contribution in [1.82, 2.24) is 15.5 Å². The minimum atomic E-state index is 0. The quantitative estimate of drug-likeness (QED) is 0.557. The van der Waals surface area contributed by atoms with Crippen molar-refractivity contribution in [2.24, 2.45) is 0 Å². The van der Waals surface area contributed by atoms with Crippen molar-refractivity contribution in [3.8, 4) is 0 Å². The number of piperidine rings is 1. The fourth-order valence-electron chi connectivity index (χ4n) is 1.83. The molecule has 2 amide bonds. The molecule has 2 heterocycles. The highest BCUT2D eigenvalue weighted by Crippen LogP contribution is 2.15. The Morgan fingerprint density at radius 1 is 1.58 bits per heavy atom. The smallest absolute Gasteiger partial charge is 0.317 e. The number of hydrogen-bond acceptors (Lipinski definition) is 2. The Bertz CT molecular complexity index is 187. The van der Waals surface area contributed by atoms with Crippen LogP contribution in [0.5, 0.6) is 0 Å². The highest BCUT2D eigenvalue weighted by molar-refractivity contribution is 5.85. The van der Waals surface area contributed by atoms with E-state index in [9.17, 15) is 4.79 Å². The van der Waals surface area contributed by atoms with Crippen LogP contribution in [0.1, 0.15) is 6.42 Å². The molecule has 2 atom stereocenters. The number of fused-ring (bicyclic) bond motifs is 1. The summed E-state index contributed by atoms with van der Waals surface area (Å²) < 4.78 is 0. The maximum absolute atomic E-state index is 11.1. The Kier molecular flexibility index (Phi) is 2.80. The van der Waals surface area contributed by atoms with Crippen molar-refractivity contribution in [3.63, 3.8) is 0 Å². The predicted octanol–water partition coefficient (Wildman–Crippen LogP) is -0.206. The molecule has 2 unspecified atom stereocenters. The third kappa shape index (κ3) is 1.36. The van der Waals surface area contributed by atoms with Crippen LogP contribution in [0, 0.1) is 0 Å². The molecule has 2 fully saturated rings. The Morgan fingerprint density at radius 2 is 2.33 bits per heavy atom. The first-order valence-corrected chi connectivity index (χ1v) is 4.03. The number of urea groups is 1. The molecule has 0 radical (unpaired) electrons. The molecule has 0 saturated carbocycles. The molecule has 0 aromatic heterocycles. The molecule has 4 nitrogen and oxygen atoms in total. The number of carbonyl (C=O) groups excluding carboxylic acids is 1. The maximum Gasteiger partial charge on any atom is 0.317 e. The van der Waals surface area contributed by atoms with Gasteiger partial charge in [-0.15, -0.1) is 12.4 Å². The molecule has 2 aliphatic heterocycles. The number of likely N-dealkylation sites (N-methyl/N-ethyl adjacent to an activating group) is 1. The summed E-state index contributed by atoms with van der Waals surface area (Å²) in [5.41, 5.74) is 0. The van der Waals surface area contributed by atoms with Gasteiger partial charge in [0.25, 0.3) is 0 Å². The number of carbonyl (C=O) groups is 1. The van der Waals surface area contributed by atoms with Crippen LogP contribution < -0.4 is 10.6 Å². The van der Waals surface area contributed by atoms with Crippen molar-refractivity contribution in [3.05, 3.63) is 0 Å². The van der Waals surface area contributed by atoms with Crippen molar-refractivity contribution >= 4 is 18.4 Å². The van der Waals surface area contributed by atoms with E-state index in [1.165, 1.54) is 0 Å². The second-order valence-electron chi connectivity index (χ2n) is 3.23. The maximum atomic E-state index is 11.1. The number of halogens is 1. The van der Waals surface area contributed by atoms with Crippen LogP contribution in [0.15, 0.2) is 0 Å². The summed E-state index contributed by atoms with van der Waals surface area (Å²) in [6.45, 7) is 1.95. The molecule has 5 heteroatoms. The topological polar surface area (TPSA) is 44.4 Å². The minimum Gasteiger partial charge on any atom is -0.333 e. The largest absolute Gasteiger partial charge is 0.333 e. The van der Waals surface area contributed by atoms with Gasteiger partial charge in [-0.3, -0.25) is 0 Å². The molecular formula is C7H14ClN3O. The molecule has 2 aliphatic rings. The van der Waals surface area contributed by atoms with Gasteiger partial charge in [-0.2, -0.15) is 0 Å². The molecule has 0 bridgehead atoms. The van der Waals surface area contributed by atoms with Gasteiger partial charge in [-0.1, -0.05) is 0 Å². The van der Waals surface area contributed by atoms with Crippen molar-refractivity contribution in [2.45, 2.75) is 18.5 Å². The van der Waals surface area contributed by atoms with Crippen LogP contribution in [0.3, 0.4) is 0 Å². The lowest BCUT2D eigenvalue weighted by atomic mass is 10.0. The van der Waals surface area contributed by atoms with Crippen LogP contribution >= 0.6 is 12.4 Å². The van der Waals surface area contributed by atoms with Crippen molar-refractivity contribution in [2.75, 3.05) is 20.1 Å². The van der Waals surface area contributed by atoms with Crippen LogP contribution in [0.25, 0.3) is 0 Å². The molecular weight excluding hydrogens is 178 g/mol. The van der Waals surface area contributed by atoms with Crippen molar-refractivity contribution < 1.29 is 4.79 Å². The van der Waals surface area contributed by atoms with Crippen LogP contribution in [-0.4, -0.2) is 43.2 Å². The highest BCUT2D eigenvalue weighted by Gasteiger charge is 2.37. The number of rotatable bonds is 0. The van der Waals surface area contributed by atoms with E-state index in [0.717, 1.165) is 19.5 Å². The zero-order chi connectivity index (χ0) is 7.84. The standard InChI is InChI=1S/C7H13N3O.ClH/c1-10-6-4-8-3-2-5(6)9-7(10)11;/h5-6,8H,2-4H2,1H3,(H,9,11);1H. The van der Waals surface area contributed by atoms with Gasteiger partial charge in [0.15, 0.2) is 0 Å². The van der Waals surface area contributed by atoms with E-state index in [4.69, 9.17) is 0 Å². The number of amides is 2. The second kappa shape index (κ2) is 3.49. The molecule has 2 saturated heterocycles. The van der Waals surface area contributed by atoms with Crippen LogP contribution in [0.4, 0.5) is 4.79 Å². The second-order valence-corrected chi connectivity index (χ2v) is 3.23. The van der Waals surface area contributed by atoms with E-state index < -0.39 is 0 Å². The fourth-order valence-corrected chi connectivity index (χ4v) is 1.83. The van der Waals surface area contributed by atoms with Gasteiger partial charge < -0.3 is 15.5 Å². The van der Waals surface area contributed by atoms with Gasteiger partial charge in [0.2, 0.25) is 0 Å². The lowest BCUT2D eigenvalue weighted by Crippen LogP contribution is -2.48. The van der Waals surface area contributed by atoms with Crippen LogP contribution in [-0.2, 0) is 0 Å². The molecule has 12 heavy (non-hydrogen) atoms. The molecule has 2 rings (SSSR count). The normalized spacial score (nSPS) is 33.8. The zero-order valence-corrected chi connectivity index (χ0v) is 7.86.